The molecular formula is C16H26O2. The molecule has 0 atom stereocenters. The average Bonchev–Trinajstić information content (AvgIpc) is 2.34. The number of aliphatic carboxylic acids is 1. The Morgan fingerprint density at radius 1 is 0.889 bits per heavy atom. The summed E-state index contributed by atoms with van der Waals surface area (Å²) < 4.78 is 0. The predicted octanol–water partition coefficient (Wildman–Crippen LogP) is 4.88. The monoisotopic (exact) mass is 250 g/mol. The first-order valence-corrected chi connectivity index (χ1v) is 6.94. The van der Waals surface area contributed by atoms with E-state index in [4.69, 9.17) is 5.11 Å². The summed E-state index contributed by atoms with van der Waals surface area (Å²) in [6.45, 7) is 2.14. The Bertz CT molecular complexity index is 275. The SMILES string of the molecule is CC/C=C\C/C=C\CCC/C=C\CCCC(=O)O. The lowest BCUT2D eigenvalue weighted by Gasteiger charge is -1.92. The summed E-state index contributed by atoms with van der Waals surface area (Å²) in [7, 11) is 0. The van der Waals surface area contributed by atoms with Gasteiger partial charge in [-0.25, -0.2) is 0 Å². The molecule has 0 aliphatic carbocycles. The van der Waals surface area contributed by atoms with Gasteiger partial charge < -0.3 is 5.11 Å². The van der Waals surface area contributed by atoms with Gasteiger partial charge in [-0.15, -0.1) is 0 Å². The second-order valence-corrected chi connectivity index (χ2v) is 4.28. The fourth-order valence-electron chi connectivity index (χ4n) is 1.52. The molecule has 2 nitrogen and oxygen atoms in total. The zero-order chi connectivity index (χ0) is 13.5. The summed E-state index contributed by atoms with van der Waals surface area (Å²) in [5, 5.41) is 8.45. The van der Waals surface area contributed by atoms with Crippen molar-refractivity contribution >= 4 is 5.97 Å². The highest BCUT2D eigenvalue weighted by atomic mass is 16.4. The topological polar surface area (TPSA) is 37.3 Å². The van der Waals surface area contributed by atoms with Crippen LogP contribution in [0.4, 0.5) is 0 Å². The highest BCUT2D eigenvalue weighted by Gasteiger charge is 1.92. The molecule has 102 valence electrons. The van der Waals surface area contributed by atoms with Gasteiger partial charge in [-0.05, 0) is 44.9 Å². The van der Waals surface area contributed by atoms with Crippen LogP contribution in [-0.2, 0) is 4.79 Å². The molecule has 0 aromatic heterocycles. The summed E-state index contributed by atoms with van der Waals surface area (Å²) >= 11 is 0. The molecule has 0 radical (unpaired) electrons. The molecule has 0 spiro atoms. The Morgan fingerprint density at radius 2 is 1.44 bits per heavy atom. The Hall–Kier alpha value is -1.31. The van der Waals surface area contributed by atoms with Gasteiger partial charge in [0.25, 0.3) is 0 Å². The Morgan fingerprint density at radius 3 is 2.06 bits per heavy atom. The van der Waals surface area contributed by atoms with E-state index in [1.54, 1.807) is 0 Å². The number of hydrogen-bond donors (Lipinski definition) is 1. The van der Waals surface area contributed by atoms with Crippen molar-refractivity contribution in [3.05, 3.63) is 36.5 Å². The molecule has 18 heavy (non-hydrogen) atoms. The van der Waals surface area contributed by atoms with Crippen LogP contribution < -0.4 is 0 Å². The van der Waals surface area contributed by atoms with Gasteiger partial charge in [0.2, 0.25) is 0 Å². The molecule has 0 unspecified atom stereocenters. The van der Waals surface area contributed by atoms with Gasteiger partial charge >= 0.3 is 5.97 Å². The molecule has 0 saturated carbocycles. The largest absolute Gasteiger partial charge is 0.481 e. The van der Waals surface area contributed by atoms with Crippen molar-refractivity contribution in [1.29, 1.82) is 0 Å². The van der Waals surface area contributed by atoms with Gasteiger partial charge in [0.1, 0.15) is 0 Å². The molecule has 0 fully saturated rings. The summed E-state index contributed by atoms with van der Waals surface area (Å²) in [5.41, 5.74) is 0. The molecule has 0 aromatic rings. The van der Waals surface area contributed by atoms with Crippen LogP contribution >= 0.6 is 0 Å². The minimum absolute atomic E-state index is 0.276. The number of rotatable bonds is 11. The van der Waals surface area contributed by atoms with E-state index in [2.05, 4.69) is 43.4 Å². The van der Waals surface area contributed by atoms with Crippen LogP contribution in [0.5, 0.6) is 0 Å². The van der Waals surface area contributed by atoms with Gasteiger partial charge in [0.15, 0.2) is 0 Å². The molecule has 0 amide bonds. The summed E-state index contributed by atoms with van der Waals surface area (Å²) in [5.74, 6) is -0.703. The van der Waals surface area contributed by atoms with Crippen molar-refractivity contribution in [1.82, 2.24) is 0 Å². The maximum Gasteiger partial charge on any atom is 0.303 e. The summed E-state index contributed by atoms with van der Waals surface area (Å²) in [6, 6.07) is 0. The summed E-state index contributed by atoms with van der Waals surface area (Å²) in [6.07, 6.45) is 20.5. The third-order valence-electron chi connectivity index (χ3n) is 2.51. The lowest BCUT2D eigenvalue weighted by molar-refractivity contribution is -0.137. The van der Waals surface area contributed by atoms with Gasteiger partial charge in [0, 0.05) is 6.42 Å². The molecule has 0 rings (SSSR count). The van der Waals surface area contributed by atoms with E-state index in [0.29, 0.717) is 0 Å². The first-order chi connectivity index (χ1) is 8.77. The standard InChI is InChI=1S/C16H26O2/c1-2-3-4-5-6-7-8-9-10-11-12-13-14-15-16(17)18/h3-4,6-7,11-12H,2,5,8-10,13-15H2,1H3,(H,17,18)/b4-3-,7-6-,12-11-. The highest BCUT2D eigenvalue weighted by molar-refractivity contribution is 5.66. The van der Waals surface area contributed by atoms with E-state index in [1.165, 1.54) is 6.42 Å². The number of hydrogen-bond acceptors (Lipinski definition) is 1. The van der Waals surface area contributed by atoms with Gasteiger partial charge in [-0.1, -0.05) is 43.4 Å². The van der Waals surface area contributed by atoms with E-state index in [0.717, 1.165) is 38.5 Å². The smallest absolute Gasteiger partial charge is 0.303 e. The molecule has 0 bridgehead atoms. The lowest BCUT2D eigenvalue weighted by Crippen LogP contribution is -1.92. The van der Waals surface area contributed by atoms with Crippen molar-refractivity contribution in [2.24, 2.45) is 0 Å². The zero-order valence-electron chi connectivity index (χ0n) is 11.5. The molecule has 2 heteroatoms. The zero-order valence-corrected chi connectivity index (χ0v) is 11.5. The van der Waals surface area contributed by atoms with E-state index < -0.39 is 5.97 Å². The molecular weight excluding hydrogens is 224 g/mol. The number of carbonyl (C=O) groups is 1. The van der Waals surface area contributed by atoms with E-state index in [1.807, 2.05) is 0 Å². The van der Waals surface area contributed by atoms with Crippen molar-refractivity contribution in [3.63, 3.8) is 0 Å². The second-order valence-electron chi connectivity index (χ2n) is 4.28. The molecule has 0 aromatic carbocycles. The number of carboxylic acid groups (broad SMARTS) is 1. The molecule has 0 aliphatic rings. The van der Waals surface area contributed by atoms with Crippen molar-refractivity contribution in [2.45, 2.75) is 58.3 Å². The normalized spacial score (nSPS) is 12.1. The quantitative estimate of drug-likeness (QED) is 0.419. The molecule has 0 saturated heterocycles. The van der Waals surface area contributed by atoms with Gasteiger partial charge in [-0.2, -0.15) is 0 Å². The maximum atomic E-state index is 10.3. The van der Waals surface area contributed by atoms with Crippen LogP contribution in [0.15, 0.2) is 36.5 Å². The van der Waals surface area contributed by atoms with Crippen molar-refractivity contribution in [3.8, 4) is 0 Å². The minimum Gasteiger partial charge on any atom is -0.481 e. The molecule has 0 heterocycles. The fraction of sp³-hybridized carbons (Fsp3) is 0.562. The van der Waals surface area contributed by atoms with Gasteiger partial charge in [0.05, 0.1) is 0 Å². The maximum absolute atomic E-state index is 10.3. The van der Waals surface area contributed by atoms with Crippen LogP contribution in [0.25, 0.3) is 0 Å². The Kier molecular flexibility index (Phi) is 12.8. The minimum atomic E-state index is -0.703. The Balaban J connectivity index is 3.26. The third kappa shape index (κ3) is 14.7. The van der Waals surface area contributed by atoms with E-state index in [9.17, 15) is 4.79 Å². The van der Waals surface area contributed by atoms with E-state index >= 15 is 0 Å². The third-order valence-corrected chi connectivity index (χ3v) is 2.51. The van der Waals surface area contributed by atoms with Crippen LogP contribution in [0.2, 0.25) is 0 Å². The van der Waals surface area contributed by atoms with Crippen LogP contribution in [-0.4, -0.2) is 11.1 Å². The predicted molar refractivity (Wildman–Crippen MR) is 77.7 cm³/mol. The number of unbranched alkanes of at least 4 members (excludes halogenated alkanes) is 3. The first kappa shape index (κ1) is 16.7. The average molecular weight is 250 g/mol. The fourth-order valence-corrected chi connectivity index (χ4v) is 1.52. The highest BCUT2D eigenvalue weighted by Crippen LogP contribution is 2.02. The van der Waals surface area contributed by atoms with Crippen LogP contribution in [0.1, 0.15) is 58.3 Å². The van der Waals surface area contributed by atoms with Gasteiger partial charge in [-0.3, -0.25) is 4.79 Å². The Labute approximate surface area is 111 Å². The second kappa shape index (κ2) is 13.8. The van der Waals surface area contributed by atoms with Crippen molar-refractivity contribution in [2.75, 3.05) is 0 Å². The first-order valence-electron chi connectivity index (χ1n) is 6.94. The van der Waals surface area contributed by atoms with Crippen molar-refractivity contribution < 1.29 is 9.90 Å². The van der Waals surface area contributed by atoms with Crippen LogP contribution in [0, 0.1) is 0 Å². The summed E-state index contributed by atoms with van der Waals surface area (Å²) in [4.78, 5) is 10.3. The molecule has 0 aliphatic heterocycles. The van der Waals surface area contributed by atoms with E-state index in [-0.39, 0.29) is 6.42 Å². The number of allylic oxidation sites excluding steroid dienone is 6. The number of carboxylic acids is 1. The van der Waals surface area contributed by atoms with Crippen LogP contribution in [0.3, 0.4) is 0 Å². The lowest BCUT2D eigenvalue weighted by atomic mass is 10.2. The molecule has 1 N–H and O–H groups in total.